The van der Waals surface area contributed by atoms with Crippen LogP contribution in [-0.4, -0.2) is 37.0 Å². The van der Waals surface area contributed by atoms with Crippen molar-refractivity contribution in [2.24, 2.45) is 5.92 Å². The summed E-state index contributed by atoms with van der Waals surface area (Å²) in [6.45, 7) is 5.04. The largest absolute Gasteiger partial charge is 0.495 e. The van der Waals surface area contributed by atoms with Gasteiger partial charge in [0.25, 0.3) is 11.8 Å². The third kappa shape index (κ3) is 5.17. The summed E-state index contributed by atoms with van der Waals surface area (Å²) in [7, 11) is 1.51. The van der Waals surface area contributed by atoms with Gasteiger partial charge in [0, 0.05) is 22.4 Å². The van der Waals surface area contributed by atoms with E-state index in [9.17, 15) is 14.4 Å². The molecule has 2 amide bonds. The fourth-order valence-corrected chi connectivity index (χ4v) is 3.87. The highest BCUT2D eigenvalue weighted by molar-refractivity contribution is 6.08. The van der Waals surface area contributed by atoms with E-state index in [0.717, 1.165) is 16.4 Å². The molecule has 0 spiro atoms. The van der Waals surface area contributed by atoms with Crippen LogP contribution in [0.4, 0.5) is 5.69 Å². The van der Waals surface area contributed by atoms with Gasteiger partial charge in [0.05, 0.1) is 12.8 Å². The number of amides is 2. The van der Waals surface area contributed by atoms with E-state index in [4.69, 9.17) is 13.9 Å². The summed E-state index contributed by atoms with van der Waals surface area (Å²) >= 11 is 0. The minimum atomic E-state index is -1.12. The van der Waals surface area contributed by atoms with Gasteiger partial charge >= 0.3 is 5.97 Å². The molecule has 8 heteroatoms. The van der Waals surface area contributed by atoms with Gasteiger partial charge in [-0.2, -0.15) is 0 Å². The number of hydrogen-bond acceptors (Lipinski definition) is 6. The van der Waals surface area contributed by atoms with Gasteiger partial charge in [0.2, 0.25) is 0 Å². The fraction of sp³-hybridized carbons (Fsp3) is 0.250. The van der Waals surface area contributed by atoms with Gasteiger partial charge in [-0.15, -0.1) is 0 Å². The van der Waals surface area contributed by atoms with Crippen LogP contribution in [0, 0.1) is 5.92 Å². The highest BCUT2D eigenvalue weighted by Gasteiger charge is 2.29. The molecular formula is C28H28N2O6. The first-order valence-electron chi connectivity index (χ1n) is 11.6. The van der Waals surface area contributed by atoms with Crippen molar-refractivity contribution in [1.29, 1.82) is 0 Å². The zero-order valence-corrected chi connectivity index (χ0v) is 20.5. The number of furan rings is 1. The number of anilines is 1. The summed E-state index contributed by atoms with van der Waals surface area (Å²) in [6.07, 6.45) is -1.12. The number of rotatable bonds is 8. The van der Waals surface area contributed by atoms with E-state index in [1.54, 1.807) is 56.3 Å². The molecule has 0 aliphatic rings. The van der Waals surface area contributed by atoms with Crippen molar-refractivity contribution < 1.29 is 28.3 Å². The number of hydrogen-bond donors (Lipinski definition) is 2. The first kappa shape index (κ1) is 24.8. The van der Waals surface area contributed by atoms with Crippen molar-refractivity contribution in [3.8, 4) is 5.75 Å². The predicted molar refractivity (Wildman–Crippen MR) is 137 cm³/mol. The molecule has 2 atom stereocenters. The van der Waals surface area contributed by atoms with Crippen LogP contribution in [-0.2, 0) is 14.3 Å². The third-order valence-electron chi connectivity index (χ3n) is 5.86. The van der Waals surface area contributed by atoms with E-state index in [2.05, 4.69) is 10.6 Å². The molecule has 0 aliphatic heterocycles. The summed E-state index contributed by atoms with van der Waals surface area (Å²) in [4.78, 5) is 38.3. The molecule has 186 valence electrons. The van der Waals surface area contributed by atoms with Gasteiger partial charge in [-0.05, 0) is 37.1 Å². The Morgan fingerprint density at radius 2 is 1.56 bits per heavy atom. The number of ether oxygens (including phenoxy) is 2. The second-order valence-electron chi connectivity index (χ2n) is 8.78. The van der Waals surface area contributed by atoms with Crippen LogP contribution in [0.1, 0.15) is 31.1 Å². The number of carbonyl (C=O) groups excluding carboxylic acids is 3. The van der Waals surface area contributed by atoms with Crippen LogP contribution in [0.3, 0.4) is 0 Å². The summed E-state index contributed by atoms with van der Waals surface area (Å²) < 4.78 is 16.8. The molecule has 0 saturated carbocycles. The Labute approximate surface area is 208 Å². The quantitative estimate of drug-likeness (QED) is 0.341. The molecule has 2 N–H and O–H groups in total. The van der Waals surface area contributed by atoms with Crippen molar-refractivity contribution in [3.63, 3.8) is 0 Å². The number of para-hydroxylation sites is 1. The summed E-state index contributed by atoms with van der Waals surface area (Å²) in [6, 6.07) is 18.7. The second-order valence-corrected chi connectivity index (χ2v) is 8.78. The van der Waals surface area contributed by atoms with E-state index in [0.29, 0.717) is 22.6 Å². The molecule has 0 aliphatic carbocycles. The zero-order valence-electron chi connectivity index (χ0n) is 20.5. The minimum absolute atomic E-state index is 0.254. The lowest BCUT2D eigenvalue weighted by molar-refractivity contribution is -0.156. The first-order chi connectivity index (χ1) is 17.3. The van der Waals surface area contributed by atoms with E-state index < -0.39 is 29.9 Å². The van der Waals surface area contributed by atoms with Gasteiger partial charge in [-0.3, -0.25) is 9.59 Å². The van der Waals surface area contributed by atoms with Crippen LogP contribution in [0.25, 0.3) is 21.9 Å². The Bertz CT molecular complexity index is 1410. The second kappa shape index (κ2) is 10.5. The SMILES string of the molecule is COc1cc2c(cc1NC(=O)C(C)OC(=O)C(NC(=O)c1ccccc1)C(C)C)oc1ccccc12. The lowest BCUT2D eigenvalue weighted by Crippen LogP contribution is -2.47. The molecule has 3 aromatic carbocycles. The molecule has 4 aromatic rings. The Kier molecular flexibility index (Phi) is 7.24. The maximum atomic E-state index is 12.9. The molecule has 0 saturated heterocycles. The Balaban J connectivity index is 1.47. The molecule has 36 heavy (non-hydrogen) atoms. The Morgan fingerprint density at radius 3 is 2.25 bits per heavy atom. The summed E-state index contributed by atoms with van der Waals surface area (Å²) in [5.74, 6) is -1.45. The maximum Gasteiger partial charge on any atom is 0.329 e. The van der Waals surface area contributed by atoms with Gasteiger partial charge < -0.3 is 24.5 Å². The van der Waals surface area contributed by atoms with Crippen LogP contribution >= 0.6 is 0 Å². The fourth-order valence-electron chi connectivity index (χ4n) is 3.87. The van der Waals surface area contributed by atoms with Crippen molar-refractivity contribution in [2.45, 2.75) is 32.9 Å². The number of esters is 1. The Morgan fingerprint density at radius 1 is 0.861 bits per heavy atom. The standard InChI is InChI=1S/C28H28N2O6/c1-16(2)25(30-27(32)18-10-6-5-7-11-18)28(33)35-17(3)26(31)29-21-15-23-20(14-24(21)34-4)19-12-8-9-13-22(19)36-23/h5-17,25H,1-4H3,(H,29,31)(H,30,32). The molecule has 1 aromatic heterocycles. The summed E-state index contributed by atoms with van der Waals surface area (Å²) in [5, 5.41) is 7.24. The topological polar surface area (TPSA) is 107 Å². The molecule has 8 nitrogen and oxygen atoms in total. The van der Waals surface area contributed by atoms with Crippen LogP contribution < -0.4 is 15.4 Å². The van der Waals surface area contributed by atoms with E-state index in [1.165, 1.54) is 14.0 Å². The number of benzene rings is 3. The van der Waals surface area contributed by atoms with Crippen molar-refractivity contribution in [3.05, 3.63) is 72.3 Å². The first-order valence-corrected chi connectivity index (χ1v) is 11.6. The highest BCUT2D eigenvalue weighted by atomic mass is 16.5. The van der Waals surface area contributed by atoms with Gasteiger partial charge in [0.15, 0.2) is 6.10 Å². The Hall–Kier alpha value is -4.33. The minimum Gasteiger partial charge on any atom is -0.495 e. The third-order valence-corrected chi connectivity index (χ3v) is 5.86. The van der Waals surface area contributed by atoms with Crippen molar-refractivity contribution in [1.82, 2.24) is 5.32 Å². The monoisotopic (exact) mass is 488 g/mol. The van der Waals surface area contributed by atoms with Crippen LogP contribution in [0.5, 0.6) is 5.75 Å². The number of methoxy groups -OCH3 is 1. The highest BCUT2D eigenvalue weighted by Crippen LogP contribution is 2.36. The molecule has 1 heterocycles. The van der Waals surface area contributed by atoms with Crippen LogP contribution in [0.2, 0.25) is 0 Å². The summed E-state index contributed by atoms with van der Waals surface area (Å²) in [5.41, 5.74) is 2.11. The average Bonchev–Trinajstić information content (AvgIpc) is 3.24. The normalized spacial score (nSPS) is 12.8. The molecule has 2 unspecified atom stereocenters. The van der Waals surface area contributed by atoms with Crippen molar-refractivity contribution >= 4 is 45.4 Å². The van der Waals surface area contributed by atoms with Gasteiger partial charge in [-0.1, -0.05) is 50.2 Å². The van der Waals surface area contributed by atoms with Crippen LogP contribution in [0.15, 0.2) is 71.1 Å². The van der Waals surface area contributed by atoms with E-state index >= 15 is 0 Å². The van der Waals surface area contributed by atoms with Gasteiger partial charge in [-0.25, -0.2) is 4.79 Å². The molecule has 0 fully saturated rings. The number of carbonyl (C=O) groups is 3. The molecule has 0 radical (unpaired) electrons. The smallest absolute Gasteiger partial charge is 0.329 e. The van der Waals surface area contributed by atoms with Gasteiger partial charge in [0.1, 0.15) is 23.0 Å². The van der Waals surface area contributed by atoms with E-state index in [1.807, 2.05) is 24.3 Å². The number of nitrogens with one attached hydrogen (secondary N) is 2. The molecule has 0 bridgehead atoms. The predicted octanol–water partition coefficient (Wildman–Crippen LogP) is 4.92. The van der Waals surface area contributed by atoms with Crippen molar-refractivity contribution in [2.75, 3.05) is 12.4 Å². The van der Waals surface area contributed by atoms with E-state index in [-0.39, 0.29) is 5.92 Å². The zero-order chi connectivity index (χ0) is 25.8. The molecular weight excluding hydrogens is 460 g/mol. The molecule has 4 rings (SSSR count). The number of fused-ring (bicyclic) bond motifs is 3. The average molecular weight is 489 g/mol. The maximum absolute atomic E-state index is 12.9. The lowest BCUT2D eigenvalue weighted by Gasteiger charge is -2.23. The lowest BCUT2D eigenvalue weighted by atomic mass is 10.0.